The highest BCUT2D eigenvalue weighted by Crippen LogP contribution is 2.20. The molecule has 1 aromatic rings. The number of nitrogens with one attached hydrogen (secondary N) is 1. The zero-order valence-electron chi connectivity index (χ0n) is 14.2. The van der Waals surface area contributed by atoms with Crippen LogP contribution in [0, 0.1) is 0 Å². The van der Waals surface area contributed by atoms with Crippen LogP contribution in [-0.4, -0.2) is 58.1 Å². The first-order valence-corrected chi connectivity index (χ1v) is 8.46. The van der Waals surface area contributed by atoms with Gasteiger partial charge in [-0.25, -0.2) is 4.79 Å². The first-order valence-electron chi connectivity index (χ1n) is 8.46. The summed E-state index contributed by atoms with van der Waals surface area (Å²) in [7, 11) is 0. The van der Waals surface area contributed by atoms with Crippen LogP contribution in [0.25, 0.3) is 0 Å². The lowest BCUT2D eigenvalue weighted by Gasteiger charge is -2.25. The van der Waals surface area contributed by atoms with E-state index in [1.165, 1.54) is 4.90 Å². The molecule has 1 aromatic carbocycles. The Balaban J connectivity index is 1.88. The Morgan fingerprint density at radius 3 is 2.52 bits per heavy atom. The number of carbonyl (C=O) groups is 3. The van der Waals surface area contributed by atoms with Gasteiger partial charge in [0, 0.05) is 6.54 Å². The van der Waals surface area contributed by atoms with Gasteiger partial charge in [0.1, 0.15) is 6.04 Å². The SMILES string of the molecule is C[C@H](NCC[C@H](C(=O)O)c1ccccc1)C(=O)N1CCC[C@H]1C(=O)O. The molecule has 0 unspecified atom stereocenters. The second kappa shape index (κ2) is 8.62. The Morgan fingerprint density at radius 2 is 1.92 bits per heavy atom. The molecule has 136 valence electrons. The van der Waals surface area contributed by atoms with Gasteiger partial charge in [0.2, 0.25) is 5.91 Å². The fraction of sp³-hybridized carbons (Fsp3) is 0.500. The molecule has 0 aromatic heterocycles. The molecule has 0 saturated carbocycles. The summed E-state index contributed by atoms with van der Waals surface area (Å²) in [6.07, 6.45) is 1.51. The summed E-state index contributed by atoms with van der Waals surface area (Å²) in [4.78, 5) is 36.5. The van der Waals surface area contributed by atoms with Crippen LogP contribution in [0.1, 0.15) is 37.7 Å². The molecule has 1 aliphatic rings. The van der Waals surface area contributed by atoms with Gasteiger partial charge in [-0.1, -0.05) is 30.3 Å². The van der Waals surface area contributed by atoms with Crippen molar-refractivity contribution in [1.29, 1.82) is 0 Å². The number of amides is 1. The Kier molecular flexibility index (Phi) is 6.52. The fourth-order valence-corrected chi connectivity index (χ4v) is 3.19. The molecular formula is C18H24N2O5. The average molecular weight is 348 g/mol. The van der Waals surface area contributed by atoms with Crippen LogP contribution in [0.2, 0.25) is 0 Å². The van der Waals surface area contributed by atoms with Gasteiger partial charge in [-0.05, 0) is 38.3 Å². The summed E-state index contributed by atoms with van der Waals surface area (Å²) in [5, 5.41) is 21.6. The van der Waals surface area contributed by atoms with Gasteiger partial charge in [-0.3, -0.25) is 9.59 Å². The van der Waals surface area contributed by atoms with E-state index in [-0.39, 0.29) is 5.91 Å². The maximum absolute atomic E-state index is 12.4. The third kappa shape index (κ3) is 4.79. The number of carbonyl (C=O) groups excluding carboxylic acids is 1. The van der Waals surface area contributed by atoms with Crippen molar-refractivity contribution in [3.63, 3.8) is 0 Å². The van der Waals surface area contributed by atoms with Crippen molar-refractivity contribution >= 4 is 17.8 Å². The van der Waals surface area contributed by atoms with Crippen molar-refractivity contribution in [1.82, 2.24) is 10.2 Å². The van der Waals surface area contributed by atoms with E-state index in [0.717, 1.165) is 5.56 Å². The van der Waals surface area contributed by atoms with Crippen molar-refractivity contribution in [3.05, 3.63) is 35.9 Å². The zero-order chi connectivity index (χ0) is 18.4. The van der Waals surface area contributed by atoms with Gasteiger partial charge in [0.15, 0.2) is 0 Å². The van der Waals surface area contributed by atoms with Crippen molar-refractivity contribution < 1.29 is 24.6 Å². The highest BCUT2D eigenvalue weighted by atomic mass is 16.4. The van der Waals surface area contributed by atoms with E-state index in [0.29, 0.717) is 32.4 Å². The minimum Gasteiger partial charge on any atom is -0.481 e. The van der Waals surface area contributed by atoms with Gasteiger partial charge < -0.3 is 20.4 Å². The number of benzene rings is 1. The minimum absolute atomic E-state index is 0.253. The summed E-state index contributed by atoms with van der Waals surface area (Å²) >= 11 is 0. The number of hydrogen-bond acceptors (Lipinski definition) is 4. The van der Waals surface area contributed by atoms with E-state index < -0.39 is 29.9 Å². The number of aliphatic carboxylic acids is 2. The van der Waals surface area contributed by atoms with Crippen LogP contribution in [-0.2, 0) is 14.4 Å². The van der Waals surface area contributed by atoms with Crippen LogP contribution in [0.5, 0.6) is 0 Å². The van der Waals surface area contributed by atoms with Crippen LogP contribution in [0.3, 0.4) is 0 Å². The number of carboxylic acids is 2. The lowest BCUT2D eigenvalue weighted by molar-refractivity contribution is -0.148. The van der Waals surface area contributed by atoms with Crippen LogP contribution in [0.4, 0.5) is 0 Å². The summed E-state index contributed by atoms with van der Waals surface area (Å²) in [6, 6.07) is 7.66. The summed E-state index contributed by atoms with van der Waals surface area (Å²) in [6.45, 7) is 2.48. The maximum Gasteiger partial charge on any atom is 0.326 e. The average Bonchev–Trinajstić information content (AvgIpc) is 3.08. The molecule has 3 atom stereocenters. The number of rotatable bonds is 8. The molecule has 0 aliphatic carbocycles. The summed E-state index contributed by atoms with van der Waals surface area (Å²) in [5.41, 5.74) is 0.723. The Hall–Kier alpha value is -2.41. The molecule has 1 fully saturated rings. The summed E-state index contributed by atoms with van der Waals surface area (Å²) in [5.74, 6) is -2.78. The first-order chi connectivity index (χ1) is 11.9. The maximum atomic E-state index is 12.4. The smallest absolute Gasteiger partial charge is 0.326 e. The Labute approximate surface area is 146 Å². The highest BCUT2D eigenvalue weighted by molar-refractivity contribution is 5.87. The molecule has 3 N–H and O–H groups in total. The van der Waals surface area contributed by atoms with Gasteiger partial charge in [0.05, 0.1) is 12.0 Å². The molecular weight excluding hydrogens is 324 g/mol. The van der Waals surface area contributed by atoms with E-state index in [1.54, 1.807) is 31.2 Å². The molecule has 25 heavy (non-hydrogen) atoms. The predicted octanol–water partition coefficient (Wildman–Crippen LogP) is 1.30. The highest BCUT2D eigenvalue weighted by Gasteiger charge is 2.35. The zero-order valence-corrected chi connectivity index (χ0v) is 14.2. The van der Waals surface area contributed by atoms with E-state index in [1.807, 2.05) is 6.07 Å². The molecule has 1 saturated heterocycles. The molecule has 7 heteroatoms. The van der Waals surface area contributed by atoms with E-state index in [2.05, 4.69) is 5.32 Å². The van der Waals surface area contributed by atoms with E-state index in [4.69, 9.17) is 0 Å². The first kappa shape index (κ1) is 18.9. The molecule has 0 radical (unpaired) electrons. The van der Waals surface area contributed by atoms with Gasteiger partial charge >= 0.3 is 11.9 Å². The largest absolute Gasteiger partial charge is 0.481 e. The fourth-order valence-electron chi connectivity index (χ4n) is 3.19. The van der Waals surface area contributed by atoms with Crippen LogP contribution in [0.15, 0.2) is 30.3 Å². The molecule has 2 rings (SSSR count). The monoisotopic (exact) mass is 348 g/mol. The number of hydrogen-bond donors (Lipinski definition) is 3. The second-order valence-corrected chi connectivity index (χ2v) is 6.29. The molecule has 1 heterocycles. The minimum atomic E-state index is -0.979. The van der Waals surface area contributed by atoms with Crippen molar-refractivity contribution in [3.8, 4) is 0 Å². The van der Waals surface area contributed by atoms with E-state index >= 15 is 0 Å². The van der Waals surface area contributed by atoms with Gasteiger partial charge in [0.25, 0.3) is 0 Å². The van der Waals surface area contributed by atoms with Gasteiger partial charge in [-0.2, -0.15) is 0 Å². The molecule has 0 bridgehead atoms. The molecule has 1 aliphatic heterocycles. The normalized spacial score (nSPS) is 19.4. The quantitative estimate of drug-likeness (QED) is 0.654. The lowest BCUT2D eigenvalue weighted by atomic mass is 9.96. The number of nitrogens with zero attached hydrogens (tertiary/aromatic N) is 1. The van der Waals surface area contributed by atoms with Crippen LogP contribution >= 0.6 is 0 Å². The standard InChI is InChI=1S/C18H24N2O5/c1-12(16(21)20-11-5-8-15(20)18(24)25)19-10-9-14(17(22)23)13-6-3-2-4-7-13/h2-4,6-7,12,14-15,19H,5,8-11H2,1H3,(H,22,23)(H,24,25)/t12-,14-,15-/m0/s1. The van der Waals surface area contributed by atoms with Crippen molar-refractivity contribution in [2.45, 2.75) is 44.2 Å². The topological polar surface area (TPSA) is 107 Å². The number of likely N-dealkylation sites (tertiary alicyclic amines) is 1. The third-order valence-corrected chi connectivity index (χ3v) is 4.57. The molecule has 0 spiro atoms. The van der Waals surface area contributed by atoms with Crippen LogP contribution < -0.4 is 5.32 Å². The predicted molar refractivity (Wildman–Crippen MR) is 91.3 cm³/mol. The van der Waals surface area contributed by atoms with E-state index in [9.17, 15) is 24.6 Å². The summed E-state index contributed by atoms with van der Waals surface area (Å²) < 4.78 is 0. The molecule has 1 amide bonds. The Morgan fingerprint density at radius 1 is 1.24 bits per heavy atom. The van der Waals surface area contributed by atoms with Crippen molar-refractivity contribution in [2.75, 3.05) is 13.1 Å². The lowest BCUT2D eigenvalue weighted by Crippen LogP contribution is -2.49. The van der Waals surface area contributed by atoms with Gasteiger partial charge in [-0.15, -0.1) is 0 Å². The second-order valence-electron chi connectivity index (χ2n) is 6.29. The number of carboxylic acid groups (broad SMARTS) is 2. The Bertz CT molecular complexity index is 619. The molecule has 7 nitrogen and oxygen atoms in total. The third-order valence-electron chi connectivity index (χ3n) is 4.57. The van der Waals surface area contributed by atoms with Crippen molar-refractivity contribution in [2.24, 2.45) is 0 Å².